The molecule has 0 amide bonds. The van der Waals surface area contributed by atoms with Crippen molar-refractivity contribution in [3.05, 3.63) is 52.5 Å². The average Bonchev–Trinajstić information content (AvgIpc) is 2.89. The van der Waals surface area contributed by atoms with Crippen molar-refractivity contribution in [1.82, 2.24) is 0 Å². The number of hydrogen-bond donors (Lipinski definition) is 2. The molecule has 118 valence electrons. The van der Waals surface area contributed by atoms with E-state index in [0.717, 1.165) is 25.2 Å². The fourth-order valence-electron chi connectivity index (χ4n) is 2.30. The fraction of sp³-hybridized carbons (Fsp3) is 0.118. The highest BCUT2D eigenvalue weighted by Crippen LogP contribution is 2.39. The molecular formula is C17H15BrN2O2S. The van der Waals surface area contributed by atoms with Crippen LogP contribution < -0.4 is 11.1 Å². The lowest BCUT2D eigenvalue weighted by Gasteiger charge is -2.10. The SMILES string of the molecule is CCOC(=O)c1c(Nc2cc(Br)ccc2N)sc2ccccc12. The minimum Gasteiger partial charge on any atom is -0.462 e. The van der Waals surface area contributed by atoms with Crippen molar-refractivity contribution in [3.8, 4) is 0 Å². The Balaban J connectivity index is 2.11. The van der Waals surface area contributed by atoms with E-state index in [0.29, 0.717) is 17.9 Å². The van der Waals surface area contributed by atoms with Crippen LogP contribution in [0.25, 0.3) is 10.1 Å². The van der Waals surface area contributed by atoms with E-state index in [1.54, 1.807) is 6.92 Å². The largest absolute Gasteiger partial charge is 0.462 e. The summed E-state index contributed by atoms with van der Waals surface area (Å²) >= 11 is 4.94. The third-order valence-corrected chi connectivity index (χ3v) is 4.92. The molecule has 3 aromatic rings. The molecule has 0 saturated heterocycles. The van der Waals surface area contributed by atoms with E-state index < -0.39 is 0 Å². The van der Waals surface area contributed by atoms with Gasteiger partial charge in [-0.2, -0.15) is 0 Å². The first-order valence-electron chi connectivity index (χ1n) is 7.11. The Labute approximate surface area is 146 Å². The molecule has 0 unspecified atom stereocenters. The van der Waals surface area contributed by atoms with Crippen LogP contribution in [0.15, 0.2) is 46.9 Å². The molecule has 0 aliphatic rings. The second-order valence-corrected chi connectivity index (χ2v) is 6.85. The van der Waals surface area contributed by atoms with Gasteiger partial charge in [0.1, 0.15) is 10.6 Å². The van der Waals surface area contributed by atoms with Gasteiger partial charge < -0.3 is 15.8 Å². The second kappa shape index (κ2) is 6.60. The van der Waals surface area contributed by atoms with Gasteiger partial charge in [-0.05, 0) is 31.2 Å². The van der Waals surface area contributed by atoms with Gasteiger partial charge in [-0.15, -0.1) is 11.3 Å². The summed E-state index contributed by atoms with van der Waals surface area (Å²) in [5.74, 6) is -0.332. The van der Waals surface area contributed by atoms with Crippen LogP contribution in [-0.4, -0.2) is 12.6 Å². The molecule has 0 fully saturated rings. The van der Waals surface area contributed by atoms with Crippen LogP contribution in [0.5, 0.6) is 0 Å². The maximum Gasteiger partial charge on any atom is 0.341 e. The molecule has 0 aliphatic heterocycles. The predicted octanol–water partition coefficient (Wildman–Crippen LogP) is 5.17. The van der Waals surface area contributed by atoms with Crippen LogP contribution in [0.3, 0.4) is 0 Å². The Morgan fingerprint density at radius 1 is 1.30 bits per heavy atom. The summed E-state index contributed by atoms with van der Waals surface area (Å²) in [6.07, 6.45) is 0. The number of nitrogen functional groups attached to an aromatic ring is 1. The molecule has 0 aliphatic carbocycles. The normalized spacial score (nSPS) is 10.7. The number of fused-ring (bicyclic) bond motifs is 1. The van der Waals surface area contributed by atoms with Gasteiger partial charge in [-0.25, -0.2) is 4.79 Å². The average molecular weight is 391 g/mol. The van der Waals surface area contributed by atoms with Gasteiger partial charge in [-0.1, -0.05) is 34.1 Å². The van der Waals surface area contributed by atoms with E-state index in [1.165, 1.54) is 11.3 Å². The Bertz CT molecular complexity index is 876. The molecule has 2 aromatic carbocycles. The van der Waals surface area contributed by atoms with Crippen molar-refractivity contribution in [1.29, 1.82) is 0 Å². The van der Waals surface area contributed by atoms with Gasteiger partial charge in [0.05, 0.1) is 18.0 Å². The van der Waals surface area contributed by atoms with Crippen LogP contribution in [-0.2, 0) is 4.74 Å². The van der Waals surface area contributed by atoms with E-state index in [4.69, 9.17) is 10.5 Å². The highest BCUT2D eigenvalue weighted by atomic mass is 79.9. The van der Waals surface area contributed by atoms with E-state index in [-0.39, 0.29) is 5.97 Å². The number of ether oxygens (including phenoxy) is 1. The van der Waals surface area contributed by atoms with E-state index in [1.807, 2.05) is 42.5 Å². The van der Waals surface area contributed by atoms with Gasteiger partial charge in [0.15, 0.2) is 0 Å². The smallest absolute Gasteiger partial charge is 0.341 e. The number of esters is 1. The summed E-state index contributed by atoms with van der Waals surface area (Å²) in [4.78, 5) is 12.4. The number of carbonyl (C=O) groups excluding carboxylic acids is 1. The molecule has 0 saturated carbocycles. The molecule has 4 nitrogen and oxygen atoms in total. The number of nitrogens with one attached hydrogen (secondary N) is 1. The Morgan fingerprint density at radius 2 is 2.09 bits per heavy atom. The predicted molar refractivity (Wildman–Crippen MR) is 99.6 cm³/mol. The molecule has 3 rings (SSSR count). The zero-order valence-corrected chi connectivity index (χ0v) is 14.8. The van der Waals surface area contributed by atoms with E-state index in [2.05, 4.69) is 21.2 Å². The van der Waals surface area contributed by atoms with E-state index >= 15 is 0 Å². The highest BCUT2D eigenvalue weighted by molar-refractivity contribution is 9.10. The van der Waals surface area contributed by atoms with Gasteiger partial charge in [-0.3, -0.25) is 0 Å². The molecule has 0 bridgehead atoms. The maximum absolute atomic E-state index is 12.4. The number of carbonyl (C=O) groups is 1. The number of anilines is 3. The quantitative estimate of drug-likeness (QED) is 0.476. The third-order valence-electron chi connectivity index (χ3n) is 3.34. The molecule has 23 heavy (non-hydrogen) atoms. The number of halogens is 1. The first kappa shape index (κ1) is 15.8. The summed E-state index contributed by atoms with van der Waals surface area (Å²) in [5.41, 5.74) is 7.93. The standard InChI is InChI=1S/C17H15BrN2O2S/c1-2-22-17(21)15-11-5-3-4-6-14(11)23-16(15)20-13-9-10(18)7-8-12(13)19/h3-9,20H,2,19H2,1H3. The van der Waals surface area contributed by atoms with Crippen molar-refractivity contribution in [2.75, 3.05) is 17.7 Å². The van der Waals surface area contributed by atoms with Crippen LogP contribution in [0, 0.1) is 0 Å². The topological polar surface area (TPSA) is 64.3 Å². The van der Waals surface area contributed by atoms with Crippen molar-refractivity contribution >= 4 is 59.7 Å². The fourth-order valence-corrected chi connectivity index (χ4v) is 3.76. The maximum atomic E-state index is 12.4. The molecule has 0 spiro atoms. The Morgan fingerprint density at radius 3 is 2.87 bits per heavy atom. The summed E-state index contributed by atoms with van der Waals surface area (Å²) in [6, 6.07) is 13.3. The van der Waals surface area contributed by atoms with E-state index in [9.17, 15) is 4.79 Å². The minimum absolute atomic E-state index is 0.332. The van der Waals surface area contributed by atoms with Gasteiger partial charge >= 0.3 is 5.97 Å². The molecule has 0 atom stereocenters. The lowest BCUT2D eigenvalue weighted by molar-refractivity contribution is 0.0530. The Kier molecular flexibility index (Phi) is 4.54. The zero-order chi connectivity index (χ0) is 16.4. The second-order valence-electron chi connectivity index (χ2n) is 4.88. The molecule has 3 N–H and O–H groups in total. The molecule has 1 heterocycles. The van der Waals surface area contributed by atoms with Crippen LogP contribution in [0.4, 0.5) is 16.4 Å². The van der Waals surface area contributed by atoms with Crippen molar-refractivity contribution in [2.24, 2.45) is 0 Å². The lowest BCUT2D eigenvalue weighted by Crippen LogP contribution is -2.06. The number of benzene rings is 2. The zero-order valence-electron chi connectivity index (χ0n) is 12.4. The van der Waals surface area contributed by atoms with Gasteiger partial charge in [0.25, 0.3) is 0 Å². The van der Waals surface area contributed by atoms with Crippen LogP contribution in [0.2, 0.25) is 0 Å². The minimum atomic E-state index is -0.332. The van der Waals surface area contributed by atoms with Crippen LogP contribution >= 0.6 is 27.3 Å². The third kappa shape index (κ3) is 3.18. The molecule has 0 radical (unpaired) electrons. The monoisotopic (exact) mass is 390 g/mol. The van der Waals surface area contributed by atoms with Crippen molar-refractivity contribution in [2.45, 2.75) is 6.92 Å². The summed E-state index contributed by atoms with van der Waals surface area (Å²) in [5, 5.41) is 4.89. The molecule has 6 heteroatoms. The van der Waals surface area contributed by atoms with Crippen molar-refractivity contribution < 1.29 is 9.53 Å². The first-order chi connectivity index (χ1) is 11.1. The summed E-state index contributed by atoms with van der Waals surface area (Å²) < 4.78 is 7.14. The summed E-state index contributed by atoms with van der Waals surface area (Å²) in [6.45, 7) is 2.13. The lowest BCUT2D eigenvalue weighted by atomic mass is 10.1. The number of nitrogens with two attached hydrogens (primary N) is 1. The van der Waals surface area contributed by atoms with Gasteiger partial charge in [0.2, 0.25) is 0 Å². The first-order valence-corrected chi connectivity index (χ1v) is 8.71. The number of hydrogen-bond acceptors (Lipinski definition) is 5. The Hall–Kier alpha value is -2.05. The number of thiophene rings is 1. The highest BCUT2D eigenvalue weighted by Gasteiger charge is 2.20. The van der Waals surface area contributed by atoms with Crippen molar-refractivity contribution in [3.63, 3.8) is 0 Å². The molecular weight excluding hydrogens is 376 g/mol. The number of rotatable bonds is 4. The molecule has 1 aromatic heterocycles. The summed E-state index contributed by atoms with van der Waals surface area (Å²) in [7, 11) is 0. The van der Waals surface area contributed by atoms with Crippen LogP contribution in [0.1, 0.15) is 17.3 Å². The van der Waals surface area contributed by atoms with Gasteiger partial charge in [0, 0.05) is 14.6 Å².